The summed E-state index contributed by atoms with van der Waals surface area (Å²) < 4.78 is 10.3. The summed E-state index contributed by atoms with van der Waals surface area (Å²) >= 11 is 0. The topological polar surface area (TPSA) is 55.8 Å². The first-order valence-electron chi connectivity index (χ1n) is 4.80. The summed E-state index contributed by atoms with van der Waals surface area (Å²) in [7, 11) is 0. The van der Waals surface area contributed by atoms with Gasteiger partial charge in [0.15, 0.2) is 6.61 Å². The van der Waals surface area contributed by atoms with Crippen molar-refractivity contribution >= 4 is 5.97 Å². The number of carboxylic acid groups (broad SMARTS) is 1. The van der Waals surface area contributed by atoms with Crippen LogP contribution in [0, 0.1) is 0 Å². The standard InChI is InChI=1S/C11H14O4/c1-2-7-14-9-3-5-10(6-4-9)15-8-11(12)13/h3-6H,2,7-8H2,1H3,(H,12,13). The highest BCUT2D eigenvalue weighted by atomic mass is 16.5. The van der Waals surface area contributed by atoms with Gasteiger partial charge in [0.05, 0.1) is 6.61 Å². The summed E-state index contributed by atoms with van der Waals surface area (Å²) in [6, 6.07) is 6.89. The molecule has 1 aromatic carbocycles. The van der Waals surface area contributed by atoms with Crippen molar-refractivity contribution in [2.45, 2.75) is 13.3 Å². The lowest BCUT2D eigenvalue weighted by molar-refractivity contribution is -0.139. The van der Waals surface area contributed by atoms with Gasteiger partial charge in [-0.1, -0.05) is 6.92 Å². The van der Waals surface area contributed by atoms with E-state index in [4.69, 9.17) is 14.6 Å². The normalized spacial score (nSPS) is 9.67. The molecule has 0 heterocycles. The lowest BCUT2D eigenvalue weighted by Crippen LogP contribution is -2.09. The van der Waals surface area contributed by atoms with Crippen LogP contribution in [0.4, 0.5) is 0 Å². The summed E-state index contributed by atoms with van der Waals surface area (Å²) in [5.74, 6) is 0.307. The van der Waals surface area contributed by atoms with Crippen LogP contribution in [0.5, 0.6) is 11.5 Å². The van der Waals surface area contributed by atoms with E-state index in [2.05, 4.69) is 0 Å². The highest BCUT2D eigenvalue weighted by molar-refractivity contribution is 5.68. The van der Waals surface area contributed by atoms with E-state index >= 15 is 0 Å². The molecule has 0 saturated heterocycles. The molecule has 0 radical (unpaired) electrons. The summed E-state index contributed by atoms with van der Waals surface area (Å²) in [6.45, 7) is 2.38. The zero-order chi connectivity index (χ0) is 11.1. The maximum Gasteiger partial charge on any atom is 0.341 e. The monoisotopic (exact) mass is 210 g/mol. The smallest absolute Gasteiger partial charge is 0.341 e. The van der Waals surface area contributed by atoms with E-state index in [1.165, 1.54) is 0 Å². The first-order chi connectivity index (χ1) is 7.22. The van der Waals surface area contributed by atoms with Crippen LogP contribution >= 0.6 is 0 Å². The molecule has 0 saturated carbocycles. The average Bonchev–Trinajstić information content (AvgIpc) is 2.25. The maximum atomic E-state index is 10.2. The van der Waals surface area contributed by atoms with Crippen LogP contribution in [0.25, 0.3) is 0 Å². The number of hydrogen-bond acceptors (Lipinski definition) is 3. The quantitative estimate of drug-likeness (QED) is 0.779. The van der Waals surface area contributed by atoms with Gasteiger partial charge in [0.25, 0.3) is 0 Å². The van der Waals surface area contributed by atoms with E-state index in [0.29, 0.717) is 12.4 Å². The third kappa shape index (κ3) is 4.35. The number of carbonyl (C=O) groups is 1. The Hall–Kier alpha value is -1.71. The Kier molecular flexibility index (Phi) is 4.47. The lowest BCUT2D eigenvalue weighted by atomic mass is 10.3. The Morgan fingerprint density at radius 3 is 2.20 bits per heavy atom. The van der Waals surface area contributed by atoms with Crippen molar-refractivity contribution in [1.29, 1.82) is 0 Å². The Morgan fingerprint density at radius 1 is 1.20 bits per heavy atom. The van der Waals surface area contributed by atoms with Crippen LogP contribution in [-0.2, 0) is 4.79 Å². The molecule has 0 unspecified atom stereocenters. The summed E-state index contributed by atoms with van der Waals surface area (Å²) in [5, 5.41) is 8.40. The summed E-state index contributed by atoms with van der Waals surface area (Å²) in [4.78, 5) is 10.2. The fraction of sp³-hybridized carbons (Fsp3) is 0.364. The second-order valence-electron chi connectivity index (χ2n) is 3.00. The van der Waals surface area contributed by atoms with Crippen molar-refractivity contribution < 1.29 is 19.4 Å². The molecule has 15 heavy (non-hydrogen) atoms. The molecule has 0 aliphatic carbocycles. The second kappa shape index (κ2) is 5.90. The van der Waals surface area contributed by atoms with Gasteiger partial charge < -0.3 is 14.6 Å². The first-order valence-corrected chi connectivity index (χ1v) is 4.80. The van der Waals surface area contributed by atoms with E-state index in [9.17, 15) is 4.79 Å². The number of benzene rings is 1. The van der Waals surface area contributed by atoms with Gasteiger partial charge in [-0.2, -0.15) is 0 Å². The molecular weight excluding hydrogens is 196 g/mol. The van der Waals surface area contributed by atoms with Gasteiger partial charge in [0, 0.05) is 0 Å². The van der Waals surface area contributed by atoms with Crippen molar-refractivity contribution in [3.05, 3.63) is 24.3 Å². The zero-order valence-corrected chi connectivity index (χ0v) is 8.60. The highest BCUT2D eigenvalue weighted by Crippen LogP contribution is 2.17. The molecule has 0 spiro atoms. The minimum atomic E-state index is -0.985. The lowest BCUT2D eigenvalue weighted by Gasteiger charge is -2.06. The zero-order valence-electron chi connectivity index (χ0n) is 8.60. The van der Waals surface area contributed by atoms with Gasteiger partial charge in [0.2, 0.25) is 0 Å². The van der Waals surface area contributed by atoms with Gasteiger partial charge in [-0.25, -0.2) is 4.79 Å². The SMILES string of the molecule is CCCOc1ccc(OCC(=O)O)cc1. The fourth-order valence-corrected chi connectivity index (χ4v) is 0.997. The molecule has 0 atom stereocenters. The van der Waals surface area contributed by atoms with Crippen LogP contribution in [-0.4, -0.2) is 24.3 Å². The van der Waals surface area contributed by atoms with Crippen molar-refractivity contribution in [2.24, 2.45) is 0 Å². The third-order valence-electron chi connectivity index (χ3n) is 1.66. The minimum Gasteiger partial charge on any atom is -0.494 e. The molecule has 4 heteroatoms. The third-order valence-corrected chi connectivity index (χ3v) is 1.66. The fourth-order valence-electron chi connectivity index (χ4n) is 0.997. The van der Waals surface area contributed by atoms with Crippen LogP contribution < -0.4 is 9.47 Å². The summed E-state index contributed by atoms with van der Waals surface area (Å²) in [5.41, 5.74) is 0. The Labute approximate surface area is 88.4 Å². The van der Waals surface area contributed by atoms with Crippen molar-refractivity contribution in [2.75, 3.05) is 13.2 Å². The molecule has 82 valence electrons. The number of aliphatic carboxylic acids is 1. The largest absolute Gasteiger partial charge is 0.494 e. The minimum absolute atomic E-state index is 0.324. The van der Waals surface area contributed by atoms with E-state index in [1.54, 1.807) is 24.3 Å². The number of rotatable bonds is 6. The molecule has 0 bridgehead atoms. The predicted molar refractivity (Wildman–Crippen MR) is 55.4 cm³/mol. The van der Waals surface area contributed by atoms with E-state index in [1.807, 2.05) is 6.92 Å². The molecular formula is C11H14O4. The molecule has 0 fully saturated rings. The van der Waals surface area contributed by atoms with Crippen molar-refractivity contribution in [3.8, 4) is 11.5 Å². The van der Waals surface area contributed by atoms with Crippen LogP contribution in [0.3, 0.4) is 0 Å². The number of ether oxygens (including phenoxy) is 2. The van der Waals surface area contributed by atoms with Crippen LogP contribution in [0.1, 0.15) is 13.3 Å². The Balaban J connectivity index is 2.45. The first kappa shape index (κ1) is 11.4. The second-order valence-corrected chi connectivity index (χ2v) is 3.00. The van der Waals surface area contributed by atoms with E-state index in [0.717, 1.165) is 12.2 Å². The Morgan fingerprint density at radius 2 is 1.73 bits per heavy atom. The molecule has 0 amide bonds. The Bertz CT molecular complexity index is 305. The predicted octanol–water partition coefficient (Wildman–Crippen LogP) is 1.94. The van der Waals surface area contributed by atoms with E-state index < -0.39 is 5.97 Å². The van der Waals surface area contributed by atoms with Crippen molar-refractivity contribution in [3.63, 3.8) is 0 Å². The van der Waals surface area contributed by atoms with Crippen molar-refractivity contribution in [1.82, 2.24) is 0 Å². The molecule has 1 aromatic rings. The molecule has 1 rings (SSSR count). The summed E-state index contributed by atoms with van der Waals surface area (Å²) in [6.07, 6.45) is 0.956. The number of hydrogen-bond donors (Lipinski definition) is 1. The maximum absolute atomic E-state index is 10.2. The van der Waals surface area contributed by atoms with Gasteiger partial charge in [0.1, 0.15) is 11.5 Å². The van der Waals surface area contributed by atoms with Gasteiger partial charge in [-0.3, -0.25) is 0 Å². The molecule has 1 N–H and O–H groups in total. The highest BCUT2D eigenvalue weighted by Gasteiger charge is 1.99. The van der Waals surface area contributed by atoms with Crippen LogP contribution in [0.15, 0.2) is 24.3 Å². The van der Waals surface area contributed by atoms with Crippen LogP contribution in [0.2, 0.25) is 0 Å². The van der Waals surface area contributed by atoms with Gasteiger partial charge in [-0.15, -0.1) is 0 Å². The number of carboxylic acids is 1. The van der Waals surface area contributed by atoms with E-state index in [-0.39, 0.29) is 6.61 Å². The average molecular weight is 210 g/mol. The van der Waals surface area contributed by atoms with Gasteiger partial charge in [-0.05, 0) is 30.7 Å². The molecule has 0 aliphatic heterocycles. The molecule has 0 aliphatic rings. The molecule has 4 nitrogen and oxygen atoms in total. The molecule has 0 aromatic heterocycles. The van der Waals surface area contributed by atoms with Gasteiger partial charge >= 0.3 is 5.97 Å².